The first-order valence-electron chi connectivity index (χ1n) is 28.0. The normalized spacial score (nSPS) is 15.3. The lowest BCUT2D eigenvalue weighted by Crippen LogP contribution is -2.46. The van der Waals surface area contributed by atoms with Crippen molar-refractivity contribution in [3.05, 3.63) is 168 Å². The van der Waals surface area contributed by atoms with Crippen molar-refractivity contribution in [3.63, 3.8) is 0 Å². The van der Waals surface area contributed by atoms with E-state index in [1.54, 1.807) is 36.4 Å². The summed E-state index contributed by atoms with van der Waals surface area (Å²) in [6.07, 6.45) is -9.18. The van der Waals surface area contributed by atoms with Crippen LogP contribution >= 0.6 is 0 Å². The van der Waals surface area contributed by atoms with Crippen LogP contribution in [-0.2, 0) is 30.2 Å². The van der Waals surface area contributed by atoms with Gasteiger partial charge in [-0.15, -0.1) is 39.5 Å². The molecule has 6 aromatic rings. The lowest BCUT2D eigenvalue weighted by Gasteiger charge is -2.40. The predicted molar refractivity (Wildman–Crippen MR) is 299 cm³/mol. The lowest BCUT2D eigenvalue weighted by atomic mass is 9.84. The molecule has 0 unspecified atom stereocenters. The molecule has 27 heteroatoms. The van der Waals surface area contributed by atoms with E-state index in [9.17, 15) is 67.1 Å². The van der Waals surface area contributed by atoms with Crippen LogP contribution in [0.25, 0.3) is 6.08 Å². The minimum atomic E-state index is -5.02. The van der Waals surface area contributed by atoms with Gasteiger partial charge in [0, 0.05) is 30.7 Å². The molecule has 0 saturated carbocycles. The summed E-state index contributed by atoms with van der Waals surface area (Å²) in [5.74, 6) is -7.89. The molecule has 0 radical (unpaired) electrons. The smallest absolute Gasteiger partial charge is 0.493 e. The van der Waals surface area contributed by atoms with Crippen molar-refractivity contribution in [3.8, 4) is 51.7 Å². The number of halogens is 12. The summed E-state index contributed by atoms with van der Waals surface area (Å²) in [6, 6.07) is 27.7. The maximum Gasteiger partial charge on any atom is 0.573 e. The molecule has 9 rings (SSSR count). The van der Waals surface area contributed by atoms with E-state index in [1.165, 1.54) is 18.2 Å². The van der Waals surface area contributed by atoms with Gasteiger partial charge in [0.25, 0.3) is 0 Å². The molecule has 0 bridgehead atoms. The fraction of sp³-hybridized carbons (Fsp3) is 0.359. The molecule has 0 spiro atoms. The number of esters is 3. The minimum absolute atomic E-state index is 0.0128. The fourth-order valence-corrected chi connectivity index (χ4v) is 8.33. The molecule has 91 heavy (non-hydrogen) atoms. The number of ether oxygens (including phenoxy) is 12. The van der Waals surface area contributed by atoms with E-state index in [-0.39, 0.29) is 45.5 Å². The van der Waals surface area contributed by atoms with Gasteiger partial charge in [0.15, 0.2) is 34.7 Å². The van der Waals surface area contributed by atoms with E-state index >= 15 is 0 Å². The summed E-state index contributed by atoms with van der Waals surface area (Å²) < 4.78 is 209. The lowest BCUT2D eigenvalue weighted by molar-refractivity contribution is -0.276. The van der Waals surface area contributed by atoms with Gasteiger partial charge in [-0.2, -0.15) is 0 Å². The molecule has 3 heterocycles. The van der Waals surface area contributed by atoms with Gasteiger partial charge >= 0.3 is 37.0 Å². The highest BCUT2D eigenvalue weighted by Gasteiger charge is 2.40. The Morgan fingerprint density at radius 3 is 1.13 bits per heavy atom. The van der Waals surface area contributed by atoms with Crippen LogP contribution in [0.2, 0.25) is 0 Å². The Morgan fingerprint density at radius 1 is 0.451 bits per heavy atom. The van der Waals surface area contributed by atoms with E-state index < -0.39 is 71.7 Å². The molecule has 0 amide bonds. The molecule has 0 N–H and O–H groups in total. The van der Waals surface area contributed by atoms with Crippen molar-refractivity contribution in [2.24, 2.45) is 16.2 Å². The van der Waals surface area contributed by atoms with E-state index in [2.05, 4.69) is 35.0 Å². The van der Waals surface area contributed by atoms with Crippen LogP contribution in [0.4, 0.5) is 52.7 Å². The monoisotopic (exact) mass is 1300 g/mol. The largest absolute Gasteiger partial charge is 0.573 e. The number of hydrogen-bond donors (Lipinski definition) is 0. The van der Waals surface area contributed by atoms with Crippen LogP contribution < -0.4 is 42.6 Å². The van der Waals surface area contributed by atoms with Gasteiger partial charge in [-0.25, -0.2) is 22.8 Å². The van der Waals surface area contributed by atoms with Crippen molar-refractivity contribution in [2.75, 3.05) is 59.5 Å². The average Bonchev–Trinajstić information content (AvgIpc) is 3.64. The molecule has 3 fully saturated rings. The zero-order valence-electron chi connectivity index (χ0n) is 48.8. The molecule has 3 aliphatic rings. The highest BCUT2D eigenvalue weighted by Crippen LogP contribution is 2.36. The van der Waals surface area contributed by atoms with Crippen molar-refractivity contribution < 1.29 is 124 Å². The zero-order valence-corrected chi connectivity index (χ0v) is 48.8. The Labute approximate surface area is 513 Å². The second kappa shape index (κ2) is 30.9. The zero-order chi connectivity index (χ0) is 66.0. The SMILES string of the molecule is CCC1(COc2ccc(/C=C/C(=O)Oc3ccc(OC(F)(F)F)c(F)c3)cc2)COC1.CCC1(COc2ccc(C(=O)Oc3ccc(OC(F)(F)F)c(F)c3)cc2)COC1.CCC1(COc2ccc(CCC(=O)Oc3ccc(OC(F)(F)F)c(F)c3)cc2)COC1. The summed E-state index contributed by atoms with van der Waals surface area (Å²) in [6.45, 7) is 12.0. The van der Waals surface area contributed by atoms with E-state index in [0.29, 0.717) is 101 Å². The molecule has 15 nitrogen and oxygen atoms in total. The standard InChI is InChI=1S/C22H22F4O5.C22H20F4O5.C20H18F4O5/c2*1-2-21(12-28-13-21)14-29-16-6-3-15(4-7-16)5-10-20(27)30-17-8-9-19(18(23)11-17)31-22(24,25)26;1-2-19(10-26-11-19)12-27-14-5-3-13(4-6-14)18(25)28-15-7-8-17(16(21)9-15)29-20(22,23)24/h3-4,6-9,11H,2,5,10,12-14H2,1H3;3-11H,2,12-14H2,1H3;3-9H,2,10-12H2,1H3/b;10-5+;. The van der Waals surface area contributed by atoms with E-state index in [0.717, 1.165) is 73.0 Å². The third-order valence-corrected chi connectivity index (χ3v) is 14.3. The Balaban J connectivity index is 0.000000194. The third kappa shape index (κ3) is 22.0. The summed E-state index contributed by atoms with van der Waals surface area (Å²) >= 11 is 0. The summed E-state index contributed by atoms with van der Waals surface area (Å²) in [5.41, 5.74) is 1.91. The summed E-state index contributed by atoms with van der Waals surface area (Å²) in [4.78, 5) is 36.0. The van der Waals surface area contributed by atoms with Gasteiger partial charge in [0.2, 0.25) is 0 Å². The molecule has 6 aromatic carbocycles. The molecular formula is C64H60F12O15. The third-order valence-electron chi connectivity index (χ3n) is 14.3. The van der Waals surface area contributed by atoms with Crippen molar-refractivity contribution in [2.45, 2.75) is 72.0 Å². The van der Waals surface area contributed by atoms with Crippen LogP contribution in [0.15, 0.2) is 133 Å². The predicted octanol–water partition coefficient (Wildman–Crippen LogP) is 15.0. The summed E-state index contributed by atoms with van der Waals surface area (Å²) in [7, 11) is 0. The van der Waals surface area contributed by atoms with Crippen molar-refractivity contribution in [1.82, 2.24) is 0 Å². The average molecular weight is 1300 g/mol. The topological polar surface area (TPSA) is 162 Å². The van der Waals surface area contributed by atoms with Gasteiger partial charge in [-0.05, 0) is 128 Å². The Bertz CT molecular complexity index is 3380. The van der Waals surface area contributed by atoms with Crippen LogP contribution in [0.5, 0.6) is 51.7 Å². The highest BCUT2D eigenvalue weighted by molar-refractivity contribution is 5.91. The maximum absolute atomic E-state index is 13.7. The molecule has 0 atom stereocenters. The molecule has 0 aliphatic carbocycles. The van der Waals surface area contributed by atoms with Crippen LogP contribution in [0, 0.1) is 33.7 Å². The minimum Gasteiger partial charge on any atom is -0.493 e. The highest BCUT2D eigenvalue weighted by atomic mass is 19.4. The van der Waals surface area contributed by atoms with Gasteiger partial charge in [-0.1, -0.05) is 45.0 Å². The first-order chi connectivity index (χ1) is 43.1. The van der Waals surface area contributed by atoms with E-state index in [4.69, 9.17) is 42.6 Å². The van der Waals surface area contributed by atoms with Gasteiger partial charge in [-0.3, -0.25) is 4.79 Å². The Hall–Kier alpha value is -8.69. The first-order valence-corrected chi connectivity index (χ1v) is 28.0. The number of carbonyl (C=O) groups is 3. The second-order valence-corrected chi connectivity index (χ2v) is 21.2. The van der Waals surface area contributed by atoms with Crippen LogP contribution in [0.1, 0.15) is 67.9 Å². The number of aryl methyl sites for hydroxylation is 1. The Morgan fingerprint density at radius 2 is 0.791 bits per heavy atom. The molecule has 0 aromatic heterocycles. The van der Waals surface area contributed by atoms with Gasteiger partial charge in [0.05, 0.1) is 81.3 Å². The van der Waals surface area contributed by atoms with Crippen LogP contribution in [-0.4, -0.2) is 96.5 Å². The van der Waals surface area contributed by atoms with Gasteiger partial charge in [0.1, 0.15) is 34.5 Å². The number of hydrogen-bond acceptors (Lipinski definition) is 15. The van der Waals surface area contributed by atoms with E-state index in [1.807, 2.05) is 24.3 Å². The molecule has 3 aliphatic heterocycles. The quantitative estimate of drug-likeness (QED) is 0.0243. The number of rotatable bonds is 24. The summed E-state index contributed by atoms with van der Waals surface area (Å²) in [5, 5.41) is 0. The second-order valence-electron chi connectivity index (χ2n) is 21.2. The Kier molecular flexibility index (Phi) is 23.7. The van der Waals surface area contributed by atoms with Crippen molar-refractivity contribution >= 4 is 24.0 Å². The van der Waals surface area contributed by atoms with Gasteiger partial charge < -0.3 is 56.8 Å². The molecule has 3 saturated heterocycles. The molecule has 490 valence electrons. The molecular weight excluding hydrogens is 1240 g/mol. The fourth-order valence-electron chi connectivity index (χ4n) is 8.33. The number of benzene rings is 6. The first kappa shape index (κ1) is 69.8. The maximum atomic E-state index is 13.7. The number of alkyl halides is 9. The number of carbonyl (C=O) groups excluding carboxylic acids is 3. The van der Waals surface area contributed by atoms with Crippen LogP contribution in [0.3, 0.4) is 0 Å². The van der Waals surface area contributed by atoms with Crippen molar-refractivity contribution in [1.29, 1.82) is 0 Å².